The minimum absolute atomic E-state index is 0.00123. The van der Waals surface area contributed by atoms with Crippen LogP contribution < -0.4 is 19.5 Å². The lowest BCUT2D eigenvalue weighted by atomic mass is 10.0. The molecular formula is C24H28N2O6. The van der Waals surface area contributed by atoms with Crippen LogP contribution in [0.1, 0.15) is 19.4 Å². The van der Waals surface area contributed by atoms with E-state index in [9.17, 15) is 9.59 Å². The normalized spacial score (nSPS) is 13.8. The molecule has 0 aliphatic carbocycles. The fourth-order valence-corrected chi connectivity index (χ4v) is 3.32. The molecule has 8 heteroatoms. The van der Waals surface area contributed by atoms with Gasteiger partial charge in [-0.25, -0.2) is 0 Å². The maximum Gasteiger partial charge on any atom is 0.278 e. The second-order valence-electron chi connectivity index (χ2n) is 7.39. The van der Waals surface area contributed by atoms with Crippen molar-refractivity contribution < 1.29 is 28.5 Å². The molecule has 0 fully saturated rings. The molecule has 0 saturated heterocycles. The smallest absolute Gasteiger partial charge is 0.278 e. The highest BCUT2D eigenvalue weighted by Gasteiger charge is 2.39. The largest absolute Gasteiger partial charge is 0.497 e. The number of ether oxygens (including phenoxy) is 4. The molecule has 3 rings (SSSR count). The van der Waals surface area contributed by atoms with Crippen LogP contribution >= 0.6 is 0 Å². The summed E-state index contributed by atoms with van der Waals surface area (Å²) in [6, 6.07) is 12.2. The molecule has 170 valence electrons. The van der Waals surface area contributed by atoms with Crippen LogP contribution in [0.25, 0.3) is 5.57 Å². The van der Waals surface area contributed by atoms with E-state index in [0.29, 0.717) is 28.5 Å². The summed E-state index contributed by atoms with van der Waals surface area (Å²) in [5, 5.41) is 3.11. The topological polar surface area (TPSA) is 86.3 Å². The van der Waals surface area contributed by atoms with Crippen molar-refractivity contribution in [2.45, 2.75) is 20.0 Å². The number of nitrogens with one attached hydrogen (secondary N) is 1. The van der Waals surface area contributed by atoms with Crippen molar-refractivity contribution >= 4 is 23.1 Å². The van der Waals surface area contributed by atoms with Gasteiger partial charge >= 0.3 is 0 Å². The standard InChI is InChI=1S/C24H28N2O6/c1-15(2)32-11-10-26-23(27)21(16-6-8-18(29-3)9-7-16)22(24(26)28)25-17-12-19(30-4)14-20(13-17)31-5/h6-9,12-15,25H,10-11H2,1-5H3. The highest BCUT2D eigenvalue weighted by molar-refractivity contribution is 6.36. The Balaban J connectivity index is 2.00. The van der Waals surface area contributed by atoms with Crippen LogP contribution in [0.2, 0.25) is 0 Å². The van der Waals surface area contributed by atoms with Crippen LogP contribution in [0.5, 0.6) is 17.2 Å². The highest BCUT2D eigenvalue weighted by atomic mass is 16.5. The van der Waals surface area contributed by atoms with E-state index in [4.69, 9.17) is 18.9 Å². The van der Waals surface area contributed by atoms with E-state index in [1.165, 1.54) is 4.90 Å². The number of methoxy groups -OCH3 is 3. The first-order valence-corrected chi connectivity index (χ1v) is 10.2. The minimum atomic E-state index is -0.421. The third-order valence-corrected chi connectivity index (χ3v) is 4.93. The first-order chi connectivity index (χ1) is 15.4. The van der Waals surface area contributed by atoms with E-state index in [1.807, 2.05) is 13.8 Å². The predicted molar refractivity (Wildman–Crippen MR) is 121 cm³/mol. The molecule has 0 bridgehead atoms. The van der Waals surface area contributed by atoms with Crippen molar-refractivity contribution in [1.29, 1.82) is 0 Å². The maximum absolute atomic E-state index is 13.3. The molecule has 0 spiro atoms. The van der Waals surface area contributed by atoms with Gasteiger partial charge in [-0.05, 0) is 31.5 Å². The average Bonchev–Trinajstić information content (AvgIpc) is 3.02. The van der Waals surface area contributed by atoms with Gasteiger partial charge in [0.1, 0.15) is 22.9 Å². The summed E-state index contributed by atoms with van der Waals surface area (Å²) in [5.74, 6) is 0.954. The Labute approximate surface area is 187 Å². The molecule has 1 aliphatic rings. The van der Waals surface area contributed by atoms with Crippen LogP contribution in [0.15, 0.2) is 48.2 Å². The van der Waals surface area contributed by atoms with E-state index in [1.54, 1.807) is 63.8 Å². The Kier molecular flexibility index (Phi) is 7.37. The van der Waals surface area contributed by atoms with Crippen LogP contribution in [0, 0.1) is 0 Å². The maximum atomic E-state index is 13.3. The van der Waals surface area contributed by atoms with Gasteiger partial charge in [0.2, 0.25) is 0 Å². The number of imide groups is 1. The Hall–Kier alpha value is -3.52. The number of amides is 2. The van der Waals surface area contributed by atoms with E-state index in [0.717, 1.165) is 0 Å². The first kappa shape index (κ1) is 23.1. The number of hydrogen-bond donors (Lipinski definition) is 1. The molecule has 1 heterocycles. The summed E-state index contributed by atoms with van der Waals surface area (Å²) in [6.45, 7) is 4.21. The summed E-state index contributed by atoms with van der Waals surface area (Å²) in [4.78, 5) is 27.7. The van der Waals surface area contributed by atoms with Gasteiger partial charge in [0, 0.05) is 23.9 Å². The van der Waals surface area contributed by atoms with Crippen LogP contribution in [0.4, 0.5) is 5.69 Å². The zero-order valence-corrected chi connectivity index (χ0v) is 18.9. The Morgan fingerprint density at radius 1 is 0.844 bits per heavy atom. The second-order valence-corrected chi connectivity index (χ2v) is 7.39. The number of carbonyl (C=O) groups is 2. The van der Waals surface area contributed by atoms with Gasteiger partial charge in [-0.1, -0.05) is 12.1 Å². The SMILES string of the molecule is COc1ccc(C2=C(Nc3cc(OC)cc(OC)c3)C(=O)N(CCOC(C)C)C2=O)cc1. The number of hydrogen-bond acceptors (Lipinski definition) is 7. The lowest BCUT2D eigenvalue weighted by Crippen LogP contribution is -2.35. The summed E-state index contributed by atoms with van der Waals surface area (Å²) >= 11 is 0. The van der Waals surface area contributed by atoms with E-state index >= 15 is 0 Å². The molecule has 0 unspecified atom stereocenters. The molecule has 2 aromatic carbocycles. The number of carbonyl (C=O) groups excluding carboxylic acids is 2. The lowest BCUT2D eigenvalue weighted by molar-refractivity contribution is -0.137. The summed E-state index contributed by atoms with van der Waals surface area (Å²) in [6.07, 6.45) is -0.00123. The van der Waals surface area contributed by atoms with Gasteiger partial charge in [-0.2, -0.15) is 0 Å². The van der Waals surface area contributed by atoms with Crippen molar-refractivity contribution in [2.75, 3.05) is 39.8 Å². The molecule has 0 radical (unpaired) electrons. The Morgan fingerprint density at radius 2 is 1.44 bits per heavy atom. The zero-order valence-electron chi connectivity index (χ0n) is 18.9. The molecule has 32 heavy (non-hydrogen) atoms. The second kappa shape index (κ2) is 10.2. The molecule has 2 amide bonds. The highest BCUT2D eigenvalue weighted by Crippen LogP contribution is 2.33. The predicted octanol–water partition coefficient (Wildman–Crippen LogP) is 3.33. The summed E-state index contributed by atoms with van der Waals surface area (Å²) in [5.41, 5.74) is 1.63. The van der Waals surface area contributed by atoms with E-state index in [2.05, 4.69) is 5.32 Å². The number of benzene rings is 2. The van der Waals surface area contributed by atoms with Crippen LogP contribution in [-0.2, 0) is 14.3 Å². The van der Waals surface area contributed by atoms with E-state index in [-0.39, 0.29) is 36.4 Å². The quantitative estimate of drug-likeness (QED) is 0.567. The van der Waals surface area contributed by atoms with Crippen LogP contribution in [-0.4, -0.2) is 57.3 Å². The van der Waals surface area contributed by atoms with Gasteiger partial charge < -0.3 is 24.3 Å². The third kappa shape index (κ3) is 5.03. The van der Waals surface area contributed by atoms with Crippen molar-refractivity contribution in [3.8, 4) is 17.2 Å². The molecular weight excluding hydrogens is 412 g/mol. The zero-order chi connectivity index (χ0) is 23.3. The lowest BCUT2D eigenvalue weighted by Gasteiger charge is -2.16. The van der Waals surface area contributed by atoms with Gasteiger partial charge in [0.25, 0.3) is 11.8 Å². The summed E-state index contributed by atoms with van der Waals surface area (Å²) < 4.78 is 21.4. The van der Waals surface area contributed by atoms with Crippen LogP contribution in [0.3, 0.4) is 0 Å². The molecule has 1 aliphatic heterocycles. The first-order valence-electron chi connectivity index (χ1n) is 10.2. The number of nitrogens with zero attached hydrogens (tertiary/aromatic N) is 1. The molecule has 2 aromatic rings. The van der Waals surface area contributed by atoms with Crippen molar-refractivity contribution in [3.05, 3.63) is 53.7 Å². The van der Waals surface area contributed by atoms with Crippen molar-refractivity contribution in [2.24, 2.45) is 0 Å². The molecule has 0 atom stereocenters. The molecule has 0 aromatic heterocycles. The number of rotatable bonds is 10. The van der Waals surface area contributed by atoms with Gasteiger partial charge in [-0.15, -0.1) is 0 Å². The van der Waals surface area contributed by atoms with Crippen molar-refractivity contribution in [1.82, 2.24) is 4.90 Å². The van der Waals surface area contributed by atoms with Gasteiger partial charge in [0.15, 0.2) is 0 Å². The Bertz CT molecular complexity index is 991. The fourth-order valence-electron chi connectivity index (χ4n) is 3.32. The molecule has 0 saturated carbocycles. The molecule has 8 nitrogen and oxygen atoms in total. The Morgan fingerprint density at radius 3 is 1.97 bits per heavy atom. The summed E-state index contributed by atoms with van der Waals surface area (Å²) in [7, 11) is 4.65. The average molecular weight is 440 g/mol. The van der Waals surface area contributed by atoms with Gasteiger partial charge in [-0.3, -0.25) is 14.5 Å². The molecule has 1 N–H and O–H groups in total. The number of anilines is 1. The van der Waals surface area contributed by atoms with E-state index < -0.39 is 5.91 Å². The third-order valence-electron chi connectivity index (χ3n) is 4.93. The van der Waals surface area contributed by atoms with Gasteiger partial charge in [0.05, 0.1) is 46.2 Å². The fraction of sp³-hybridized carbons (Fsp3) is 0.333. The minimum Gasteiger partial charge on any atom is -0.497 e. The van der Waals surface area contributed by atoms with Crippen molar-refractivity contribution in [3.63, 3.8) is 0 Å². The monoisotopic (exact) mass is 440 g/mol.